The number of piperidine rings is 1. The third-order valence-corrected chi connectivity index (χ3v) is 1.97. The molecular formula is C7H12FNO2. The summed E-state index contributed by atoms with van der Waals surface area (Å²) in [4.78, 5) is 10.9. The second kappa shape index (κ2) is 3.67. The van der Waals surface area contributed by atoms with Crippen LogP contribution in [0.5, 0.6) is 0 Å². The largest absolute Gasteiger partial charge is 0.469 e. The molecule has 0 N–H and O–H groups in total. The number of rotatable bonds is 1. The summed E-state index contributed by atoms with van der Waals surface area (Å²) in [5, 5.41) is 0.736. The minimum atomic E-state index is -0.210. The van der Waals surface area contributed by atoms with Gasteiger partial charge in [-0.25, -0.2) is 0 Å². The molecule has 1 heterocycles. The molecule has 1 rings (SSSR count). The number of halogens is 1. The minimum Gasteiger partial charge on any atom is -0.469 e. The average Bonchev–Trinajstić information content (AvgIpc) is 2.05. The van der Waals surface area contributed by atoms with Crippen molar-refractivity contribution in [1.82, 2.24) is 5.12 Å². The third-order valence-electron chi connectivity index (χ3n) is 1.97. The molecule has 1 fully saturated rings. The number of methoxy groups -OCH3 is 1. The van der Waals surface area contributed by atoms with Crippen LogP contribution < -0.4 is 0 Å². The zero-order chi connectivity index (χ0) is 8.27. The van der Waals surface area contributed by atoms with Crippen LogP contribution in [0.25, 0.3) is 0 Å². The topological polar surface area (TPSA) is 29.5 Å². The van der Waals surface area contributed by atoms with Crippen LogP contribution >= 0.6 is 0 Å². The van der Waals surface area contributed by atoms with E-state index in [2.05, 4.69) is 4.74 Å². The van der Waals surface area contributed by atoms with E-state index in [-0.39, 0.29) is 11.9 Å². The molecule has 0 amide bonds. The molecular weight excluding hydrogens is 149 g/mol. The molecule has 4 heteroatoms. The fourth-order valence-electron chi connectivity index (χ4n) is 1.25. The van der Waals surface area contributed by atoms with Crippen molar-refractivity contribution in [2.75, 3.05) is 20.2 Å². The molecule has 0 aromatic rings. The molecule has 64 valence electrons. The van der Waals surface area contributed by atoms with E-state index in [1.807, 2.05) is 0 Å². The van der Waals surface area contributed by atoms with Crippen molar-refractivity contribution in [3.8, 4) is 0 Å². The highest BCUT2D eigenvalue weighted by atomic mass is 19.2. The van der Waals surface area contributed by atoms with Gasteiger partial charge >= 0.3 is 5.97 Å². The number of carbonyl (C=O) groups is 1. The van der Waals surface area contributed by atoms with Crippen LogP contribution in [0.4, 0.5) is 4.48 Å². The summed E-state index contributed by atoms with van der Waals surface area (Å²) in [5.41, 5.74) is 0. The van der Waals surface area contributed by atoms with E-state index in [4.69, 9.17) is 0 Å². The zero-order valence-corrected chi connectivity index (χ0v) is 6.55. The van der Waals surface area contributed by atoms with Crippen LogP contribution in [-0.2, 0) is 9.53 Å². The summed E-state index contributed by atoms with van der Waals surface area (Å²) in [7, 11) is 1.37. The van der Waals surface area contributed by atoms with Gasteiger partial charge in [-0.15, -0.1) is 9.60 Å². The van der Waals surface area contributed by atoms with Crippen LogP contribution in [0.3, 0.4) is 0 Å². The number of hydrogen-bond donors (Lipinski definition) is 0. The maximum Gasteiger partial charge on any atom is 0.308 e. The average molecular weight is 161 g/mol. The Bertz CT molecular complexity index is 143. The Morgan fingerprint density at radius 1 is 1.55 bits per heavy atom. The van der Waals surface area contributed by atoms with E-state index in [0.717, 1.165) is 5.12 Å². The number of ether oxygens (including phenoxy) is 1. The molecule has 1 aliphatic rings. The van der Waals surface area contributed by atoms with Crippen molar-refractivity contribution in [3.63, 3.8) is 0 Å². The Morgan fingerprint density at radius 2 is 2.09 bits per heavy atom. The van der Waals surface area contributed by atoms with Crippen molar-refractivity contribution < 1.29 is 14.0 Å². The molecule has 0 atom stereocenters. The Kier molecular flexibility index (Phi) is 2.82. The van der Waals surface area contributed by atoms with Crippen LogP contribution in [-0.4, -0.2) is 31.3 Å². The van der Waals surface area contributed by atoms with Crippen LogP contribution in [0.1, 0.15) is 12.8 Å². The van der Waals surface area contributed by atoms with Crippen LogP contribution in [0.15, 0.2) is 0 Å². The van der Waals surface area contributed by atoms with Gasteiger partial charge < -0.3 is 4.74 Å². The summed E-state index contributed by atoms with van der Waals surface area (Å²) in [6.45, 7) is 0.694. The van der Waals surface area contributed by atoms with E-state index in [0.29, 0.717) is 25.9 Å². The lowest BCUT2D eigenvalue weighted by Gasteiger charge is -2.23. The molecule has 1 saturated heterocycles. The van der Waals surface area contributed by atoms with Gasteiger partial charge in [0.25, 0.3) is 0 Å². The fourth-order valence-corrected chi connectivity index (χ4v) is 1.25. The molecule has 1 aliphatic heterocycles. The van der Waals surface area contributed by atoms with Crippen molar-refractivity contribution >= 4 is 5.97 Å². The van der Waals surface area contributed by atoms with Gasteiger partial charge in [0, 0.05) is 13.1 Å². The number of hydrogen-bond acceptors (Lipinski definition) is 3. The molecule has 0 spiro atoms. The van der Waals surface area contributed by atoms with Crippen LogP contribution in [0, 0.1) is 5.92 Å². The van der Waals surface area contributed by atoms with Crippen molar-refractivity contribution in [1.29, 1.82) is 0 Å². The summed E-state index contributed by atoms with van der Waals surface area (Å²) in [6, 6.07) is 0. The normalized spacial score (nSPS) is 21.6. The van der Waals surface area contributed by atoms with E-state index in [1.54, 1.807) is 0 Å². The molecule has 0 saturated carbocycles. The maximum absolute atomic E-state index is 12.4. The molecule has 0 bridgehead atoms. The summed E-state index contributed by atoms with van der Waals surface area (Å²) in [5.74, 6) is -0.301. The Labute approximate surface area is 65.1 Å². The first-order chi connectivity index (χ1) is 5.24. The van der Waals surface area contributed by atoms with Gasteiger partial charge in [0.15, 0.2) is 0 Å². The zero-order valence-electron chi connectivity index (χ0n) is 6.55. The molecule has 0 aliphatic carbocycles. The number of nitrogens with zero attached hydrogens (tertiary/aromatic N) is 1. The standard InChI is InChI=1S/C7H12FNO2/c1-11-7(10)6-2-4-9(8)5-3-6/h6H,2-5H2,1H3. The molecule has 0 aromatic heterocycles. The first-order valence-corrected chi connectivity index (χ1v) is 3.72. The summed E-state index contributed by atoms with van der Waals surface area (Å²) >= 11 is 0. The van der Waals surface area contributed by atoms with Gasteiger partial charge in [-0.05, 0) is 12.8 Å². The first kappa shape index (κ1) is 8.46. The molecule has 3 nitrogen and oxygen atoms in total. The summed E-state index contributed by atoms with van der Waals surface area (Å²) in [6.07, 6.45) is 1.15. The molecule has 11 heavy (non-hydrogen) atoms. The van der Waals surface area contributed by atoms with Gasteiger partial charge in [0.2, 0.25) is 0 Å². The van der Waals surface area contributed by atoms with Gasteiger partial charge in [-0.3, -0.25) is 4.79 Å². The lowest BCUT2D eigenvalue weighted by molar-refractivity contribution is -0.148. The van der Waals surface area contributed by atoms with E-state index >= 15 is 0 Å². The fraction of sp³-hybridized carbons (Fsp3) is 0.857. The molecule has 0 radical (unpaired) electrons. The predicted octanol–water partition coefficient (Wildman–Crippen LogP) is 0.756. The predicted molar refractivity (Wildman–Crippen MR) is 37.4 cm³/mol. The summed E-state index contributed by atoms with van der Waals surface area (Å²) < 4.78 is 17.0. The Morgan fingerprint density at radius 3 is 2.55 bits per heavy atom. The van der Waals surface area contributed by atoms with Crippen molar-refractivity contribution in [2.45, 2.75) is 12.8 Å². The Balaban J connectivity index is 2.33. The van der Waals surface area contributed by atoms with Gasteiger partial charge in [0.1, 0.15) is 0 Å². The lowest BCUT2D eigenvalue weighted by atomic mass is 9.98. The molecule has 0 aromatic carbocycles. The first-order valence-electron chi connectivity index (χ1n) is 3.72. The Hall–Kier alpha value is -0.640. The quantitative estimate of drug-likeness (QED) is 0.420. The van der Waals surface area contributed by atoms with E-state index in [9.17, 15) is 9.28 Å². The lowest BCUT2D eigenvalue weighted by Crippen LogP contribution is -2.31. The smallest absolute Gasteiger partial charge is 0.308 e. The number of carbonyl (C=O) groups excluding carboxylic acids is 1. The monoisotopic (exact) mass is 161 g/mol. The SMILES string of the molecule is COC(=O)C1CCN(F)CC1. The minimum absolute atomic E-state index is 0.0907. The highest BCUT2D eigenvalue weighted by Gasteiger charge is 2.25. The molecule has 0 unspecified atom stereocenters. The maximum atomic E-state index is 12.4. The third kappa shape index (κ3) is 2.15. The second-order valence-corrected chi connectivity index (χ2v) is 2.71. The van der Waals surface area contributed by atoms with Gasteiger partial charge in [0.05, 0.1) is 13.0 Å². The van der Waals surface area contributed by atoms with E-state index in [1.165, 1.54) is 7.11 Å². The van der Waals surface area contributed by atoms with E-state index < -0.39 is 0 Å². The van der Waals surface area contributed by atoms with Crippen molar-refractivity contribution in [3.05, 3.63) is 0 Å². The highest BCUT2D eigenvalue weighted by molar-refractivity contribution is 5.72. The second-order valence-electron chi connectivity index (χ2n) is 2.71. The highest BCUT2D eigenvalue weighted by Crippen LogP contribution is 2.17. The van der Waals surface area contributed by atoms with Gasteiger partial charge in [-0.2, -0.15) is 0 Å². The van der Waals surface area contributed by atoms with Gasteiger partial charge in [-0.1, -0.05) is 0 Å². The van der Waals surface area contributed by atoms with Crippen molar-refractivity contribution in [2.24, 2.45) is 5.92 Å². The van der Waals surface area contributed by atoms with Crippen LogP contribution in [0.2, 0.25) is 0 Å². The number of esters is 1.